The first kappa shape index (κ1) is 16.8. The smallest absolute Gasteiger partial charge is 0.408 e. The molecule has 0 aliphatic heterocycles. The minimum absolute atomic E-state index is 0.0489. The molecule has 1 rings (SSSR count). The second kappa shape index (κ2) is 6.47. The van der Waals surface area contributed by atoms with Crippen molar-refractivity contribution in [2.75, 3.05) is 7.11 Å². The number of carboxylic acids is 1. The Morgan fingerprint density at radius 1 is 1.29 bits per heavy atom. The number of nitrogens with one attached hydrogen (secondary N) is 1. The van der Waals surface area contributed by atoms with E-state index in [-0.39, 0.29) is 17.4 Å². The third-order valence-electron chi connectivity index (χ3n) is 2.69. The molecule has 0 saturated carbocycles. The summed E-state index contributed by atoms with van der Waals surface area (Å²) in [6, 6.07) is 4.35. The number of carboxylic acid groups (broad SMARTS) is 1. The predicted molar refractivity (Wildman–Crippen MR) is 77.7 cm³/mol. The van der Waals surface area contributed by atoms with Gasteiger partial charge in [0.25, 0.3) is 0 Å². The Morgan fingerprint density at radius 2 is 1.90 bits per heavy atom. The van der Waals surface area contributed by atoms with Crippen molar-refractivity contribution in [1.29, 1.82) is 0 Å². The number of aromatic carboxylic acids is 1. The van der Waals surface area contributed by atoms with Crippen molar-refractivity contribution < 1.29 is 24.2 Å². The van der Waals surface area contributed by atoms with Gasteiger partial charge in [-0.05, 0) is 45.4 Å². The van der Waals surface area contributed by atoms with Gasteiger partial charge < -0.3 is 19.9 Å². The van der Waals surface area contributed by atoms with Crippen LogP contribution >= 0.6 is 0 Å². The molecule has 1 unspecified atom stereocenters. The second-order valence-electron chi connectivity index (χ2n) is 5.63. The van der Waals surface area contributed by atoms with Crippen molar-refractivity contribution in [3.63, 3.8) is 0 Å². The minimum Gasteiger partial charge on any atom is -0.496 e. The largest absolute Gasteiger partial charge is 0.496 e. The van der Waals surface area contributed by atoms with Gasteiger partial charge in [-0.15, -0.1) is 0 Å². The Balaban J connectivity index is 2.88. The molecule has 0 radical (unpaired) electrons. The monoisotopic (exact) mass is 295 g/mol. The summed E-state index contributed by atoms with van der Waals surface area (Å²) < 4.78 is 10.2. The number of hydrogen-bond donors (Lipinski definition) is 2. The van der Waals surface area contributed by atoms with Crippen LogP contribution in [0.1, 0.15) is 49.7 Å². The molecule has 6 nitrogen and oxygen atoms in total. The number of carbonyl (C=O) groups excluding carboxylic acids is 1. The van der Waals surface area contributed by atoms with Crippen LogP contribution in [0.4, 0.5) is 4.79 Å². The third-order valence-corrected chi connectivity index (χ3v) is 2.69. The van der Waals surface area contributed by atoms with Crippen molar-refractivity contribution in [2.24, 2.45) is 0 Å². The highest BCUT2D eigenvalue weighted by Gasteiger charge is 2.19. The van der Waals surface area contributed by atoms with Gasteiger partial charge in [0.1, 0.15) is 16.9 Å². The van der Waals surface area contributed by atoms with Gasteiger partial charge in [0, 0.05) is 0 Å². The molecule has 6 heteroatoms. The fourth-order valence-corrected chi connectivity index (χ4v) is 1.73. The molecule has 0 fully saturated rings. The van der Waals surface area contributed by atoms with Gasteiger partial charge in [0.05, 0.1) is 13.2 Å². The number of methoxy groups -OCH3 is 1. The number of amides is 1. The molecule has 0 aliphatic rings. The summed E-state index contributed by atoms with van der Waals surface area (Å²) in [7, 11) is 1.41. The molecule has 1 amide bonds. The summed E-state index contributed by atoms with van der Waals surface area (Å²) >= 11 is 0. The first-order chi connectivity index (χ1) is 9.64. The zero-order valence-electron chi connectivity index (χ0n) is 12.9. The molecule has 0 aliphatic carbocycles. The summed E-state index contributed by atoms with van der Waals surface area (Å²) in [6.45, 7) is 7.06. The van der Waals surface area contributed by atoms with Crippen LogP contribution in [-0.4, -0.2) is 29.9 Å². The van der Waals surface area contributed by atoms with Gasteiger partial charge in [0.2, 0.25) is 0 Å². The van der Waals surface area contributed by atoms with Gasteiger partial charge in [-0.25, -0.2) is 9.59 Å². The van der Waals surface area contributed by atoms with E-state index in [1.807, 2.05) is 0 Å². The van der Waals surface area contributed by atoms with E-state index in [4.69, 9.17) is 14.6 Å². The molecule has 0 spiro atoms. The van der Waals surface area contributed by atoms with E-state index in [1.165, 1.54) is 13.2 Å². The minimum atomic E-state index is -1.09. The Bertz CT molecular complexity index is 533. The van der Waals surface area contributed by atoms with Gasteiger partial charge >= 0.3 is 12.1 Å². The number of ether oxygens (including phenoxy) is 2. The highest BCUT2D eigenvalue weighted by atomic mass is 16.6. The quantitative estimate of drug-likeness (QED) is 0.892. The molecule has 1 aromatic carbocycles. The number of rotatable bonds is 4. The van der Waals surface area contributed by atoms with Crippen LogP contribution in [0.5, 0.6) is 5.75 Å². The van der Waals surface area contributed by atoms with Gasteiger partial charge in [-0.2, -0.15) is 0 Å². The van der Waals surface area contributed by atoms with Crippen LogP contribution < -0.4 is 10.1 Å². The van der Waals surface area contributed by atoms with Gasteiger partial charge in [-0.3, -0.25) is 0 Å². The fourth-order valence-electron chi connectivity index (χ4n) is 1.73. The first-order valence-corrected chi connectivity index (χ1v) is 6.55. The van der Waals surface area contributed by atoms with Gasteiger partial charge in [0.15, 0.2) is 0 Å². The van der Waals surface area contributed by atoms with E-state index in [0.717, 1.165) is 0 Å². The Kier molecular flexibility index (Phi) is 5.18. The predicted octanol–water partition coefficient (Wildman–Crippen LogP) is 2.98. The second-order valence-corrected chi connectivity index (χ2v) is 5.63. The van der Waals surface area contributed by atoms with Crippen LogP contribution in [0, 0.1) is 0 Å². The van der Waals surface area contributed by atoms with Crippen LogP contribution in [0.2, 0.25) is 0 Å². The normalized spacial score (nSPS) is 12.4. The molecule has 0 heterocycles. The molecule has 0 saturated heterocycles. The van der Waals surface area contributed by atoms with Crippen LogP contribution in [-0.2, 0) is 4.74 Å². The fraction of sp³-hybridized carbons (Fsp3) is 0.467. The summed E-state index contributed by atoms with van der Waals surface area (Å²) in [5.41, 5.74) is 0.113. The van der Waals surface area contributed by atoms with Crippen molar-refractivity contribution in [3.8, 4) is 5.75 Å². The molecule has 1 aromatic rings. The van der Waals surface area contributed by atoms with E-state index in [0.29, 0.717) is 5.56 Å². The number of alkyl carbamates (subject to hydrolysis) is 1. The van der Waals surface area contributed by atoms with Crippen LogP contribution in [0.3, 0.4) is 0 Å². The Labute approximate surface area is 124 Å². The molecular weight excluding hydrogens is 274 g/mol. The molecular formula is C15H21NO5. The summed E-state index contributed by atoms with van der Waals surface area (Å²) in [4.78, 5) is 22.9. The van der Waals surface area contributed by atoms with E-state index < -0.39 is 17.7 Å². The topological polar surface area (TPSA) is 84.9 Å². The summed E-state index contributed by atoms with van der Waals surface area (Å²) in [6.07, 6.45) is -0.553. The highest BCUT2D eigenvalue weighted by molar-refractivity contribution is 5.91. The SMILES string of the molecule is COc1ccc(C(C)NC(=O)OC(C)(C)C)cc1C(=O)O. The number of hydrogen-bond acceptors (Lipinski definition) is 4. The van der Waals surface area contributed by atoms with E-state index in [2.05, 4.69) is 5.32 Å². The zero-order valence-corrected chi connectivity index (χ0v) is 12.9. The number of benzene rings is 1. The van der Waals surface area contributed by atoms with Crippen molar-refractivity contribution in [3.05, 3.63) is 29.3 Å². The lowest BCUT2D eigenvalue weighted by Gasteiger charge is -2.22. The highest BCUT2D eigenvalue weighted by Crippen LogP contribution is 2.23. The average molecular weight is 295 g/mol. The molecule has 1 atom stereocenters. The van der Waals surface area contributed by atoms with Crippen molar-refractivity contribution in [2.45, 2.75) is 39.3 Å². The average Bonchev–Trinajstić information content (AvgIpc) is 2.35. The first-order valence-electron chi connectivity index (χ1n) is 6.55. The molecule has 0 bridgehead atoms. The maximum atomic E-state index is 11.7. The summed E-state index contributed by atoms with van der Waals surface area (Å²) in [5, 5.41) is 11.8. The summed E-state index contributed by atoms with van der Waals surface area (Å²) in [5.74, 6) is -0.811. The zero-order chi connectivity index (χ0) is 16.2. The molecule has 2 N–H and O–H groups in total. The van der Waals surface area contributed by atoms with Crippen LogP contribution in [0.25, 0.3) is 0 Å². The van der Waals surface area contributed by atoms with E-state index in [1.54, 1.807) is 39.8 Å². The molecule has 21 heavy (non-hydrogen) atoms. The standard InChI is InChI=1S/C15H21NO5/c1-9(16-14(19)21-15(2,3)4)10-6-7-12(20-5)11(8-10)13(17)18/h6-9H,1-5H3,(H,16,19)(H,17,18). The lowest BCUT2D eigenvalue weighted by atomic mass is 10.0. The third kappa shape index (κ3) is 4.98. The lowest BCUT2D eigenvalue weighted by Crippen LogP contribution is -2.34. The van der Waals surface area contributed by atoms with Crippen molar-refractivity contribution in [1.82, 2.24) is 5.32 Å². The van der Waals surface area contributed by atoms with Crippen molar-refractivity contribution >= 4 is 12.1 Å². The number of carbonyl (C=O) groups is 2. The molecule has 0 aromatic heterocycles. The molecule has 116 valence electrons. The lowest BCUT2D eigenvalue weighted by molar-refractivity contribution is 0.0507. The van der Waals surface area contributed by atoms with E-state index >= 15 is 0 Å². The maximum absolute atomic E-state index is 11.7. The van der Waals surface area contributed by atoms with E-state index in [9.17, 15) is 9.59 Å². The Morgan fingerprint density at radius 3 is 2.38 bits per heavy atom. The maximum Gasteiger partial charge on any atom is 0.408 e. The Hall–Kier alpha value is -2.24. The van der Waals surface area contributed by atoms with Crippen LogP contribution in [0.15, 0.2) is 18.2 Å². The van der Waals surface area contributed by atoms with Gasteiger partial charge in [-0.1, -0.05) is 6.07 Å².